The molecule has 0 saturated heterocycles. The molecule has 3 aromatic rings. The summed E-state index contributed by atoms with van der Waals surface area (Å²) in [6.45, 7) is 2.92. The summed E-state index contributed by atoms with van der Waals surface area (Å²) in [4.78, 5) is 30.0. The van der Waals surface area contributed by atoms with Gasteiger partial charge in [0.25, 0.3) is 5.56 Å². The monoisotopic (exact) mass is 431 g/mol. The fraction of sp³-hybridized carbons (Fsp3) is 0.286. The minimum atomic E-state index is -0.159. The molecule has 0 fully saturated rings. The number of amides is 1. The SMILES string of the molecule is COCCCn1c(SCC(=O)Nc2ccccc2C)nc2cc(Cl)ccc2c1=O. The maximum absolute atomic E-state index is 13.0. The summed E-state index contributed by atoms with van der Waals surface area (Å²) in [5, 5.41) is 4.39. The van der Waals surface area contributed by atoms with Crippen LogP contribution in [0.15, 0.2) is 52.4 Å². The Hall–Kier alpha value is -2.35. The fourth-order valence-corrected chi connectivity index (χ4v) is 3.87. The number of nitrogens with one attached hydrogen (secondary N) is 1. The van der Waals surface area contributed by atoms with Crippen LogP contribution in [0.25, 0.3) is 10.9 Å². The average molecular weight is 432 g/mol. The summed E-state index contributed by atoms with van der Waals surface area (Å²) < 4.78 is 6.70. The number of rotatable bonds is 8. The average Bonchev–Trinajstić information content (AvgIpc) is 2.70. The molecule has 1 N–H and O–H groups in total. The molecule has 152 valence electrons. The van der Waals surface area contributed by atoms with Crippen LogP contribution in [0.3, 0.4) is 0 Å². The Balaban J connectivity index is 1.84. The van der Waals surface area contributed by atoms with Crippen molar-refractivity contribution in [2.45, 2.75) is 25.0 Å². The molecule has 1 heterocycles. The predicted molar refractivity (Wildman–Crippen MR) is 118 cm³/mol. The molecule has 6 nitrogen and oxygen atoms in total. The Kier molecular flexibility index (Phi) is 7.30. The van der Waals surface area contributed by atoms with Crippen molar-refractivity contribution in [3.8, 4) is 0 Å². The molecule has 0 bridgehead atoms. The van der Waals surface area contributed by atoms with Crippen molar-refractivity contribution in [3.05, 3.63) is 63.4 Å². The van der Waals surface area contributed by atoms with E-state index >= 15 is 0 Å². The maximum Gasteiger partial charge on any atom is 0.262 e. The van der Waals surface area contributed by atoms with E-state index in [1.54, 1.807) is 29.9 Å². The van der Waals surface area contributed by atoms with E-state index in [1.165, 1.54) is 11.8 Å². The Labute approximate surface area is 178 Å². The van der Waals surface area contributed by atoms with Gasteiger partial charge in [-0.15, -0.1) is 0 Å². The second kappa shape index (κ2) is 9.91. The van der Waals surface area contributed by atoms with Gasteiger partial charge in [-0.1, -0.05) is 41.6 Å². The van der Waals surface area contributed by atoms with Crippen molar-refractivity contribution < 1.29 is 9.53 Å². The summed E-state index contributed by atoms with van der Waals surface area (Å²) in [7, 11) is 1.62. The standard InChI is InChI=1S/C21H22ClN3O3S/c1-14-6-3-4-7-17(14)23-19(26)13-29-21-24-18-12-15(22)8-9-16(18)20(27)25(21)10-5-11-28-2/h3-4,6-9,12H,5,10-11,13H2,1-2H3,(H,23,26). The molecular formula is C21H22ClN3O3S. The molecule has 0 radical (unpaired) electrons. The second-order valence-corrected chi connectivity index (χ2v) is 7.89. The number of aryl methyl sites for hydroxylation is 1. The number of para-hydroxylation sites is 1. The van der Waals surface area contributed by atoms with Crippen LogP contribution in [-0.4, -0.2) is 34.9 Å². The van der Waals surface area contributed by atoms with Crippen LogP contribution >= 0.6 is 23.4 Å². The van der Waals surface area contributed by atoms with E-state index in [0.717, 1.165) is 11.3 Å². The van der Waals surface area contributed by atoms with Gasteiger partial charge in [-0.05, 0) is 43.2 Å². The number of methoxy groups -OCH3 is 1. The number of nitrogens with zero attached hydrogens (tertiary/aromatic N) is 2. The number of benzene rings is 2. The molecule has 0 unspecified atom stereocenters. The lowest BCUT2D eigenvalue weighted by atomic mass is 10.2. The van der Waals surface area contributed by atoms with Crippen molar-refractivity contribution in [2.24, 2.45) is 0 Å². The van der Waals surface area contributed by atoms with Gasteiger partial charge in [-0.25, -0.2) is 4.98 Å². The van der Waals surface area contributed by atoms with Crippen molar-refractivity contribution in [1.82, 2.24) is 9.55 Å². The maximum atomic E-state index is 13.0. The molecule has 8 heteroatoms. The third-order valence-electron chi connectivity index (χ3n) is 4.36. The van der Waals surface area contributed by atoms with Gasteiger partial charge in [-0.2, -0.15) is 0 Å². The molecule has 0 aliphatic carbocycles. The normalized spacial score (nSPS) is 11.0. The molecule has 0 spiro atoms. The molecule has 3 rings (SSSR count). The van der Waals surface area contributed by atoms with Gasteiger partial charge in [0.2, 0.25) is 5.91 Å². The minimum absolute atomic E-state index is 0.136. The third kappa shape index (κ3) is 5.38. The topological polar surface area (TPSA) is 73.2 Å². The number of anilines is 1. The number of halogens is 1. The number of hydrogen-bond donors (Lipinski definition) is 1. The summed E-state index contributed by atoms with van der Waals surface area (Å²) in [6.07, 6.45) is 0.667. The molecule has 0 aliphatic rings. The lowest BCUT2D eigenvalue weighted by Crippen LogP contribution is -2.25. The fourth-order valence-electron chi connectivity index (χ4n) is 2.88. The van der Waals surface area contributed by atoms with E-state index in [4.69, 9.17) is 16.3 Å². The first-order valence-corrected chi connectivity index (χ1v) is 10.5. The van der Waals surface area contributed by atoms with Crippen molar-refractivity contribution in [3.63, 3.8) is 0 Å². The van der Waals surface area contributed by atoms with E-state index < -0.39 is 0 Å². The van der Waals surface area contributed by atoms with Crippen molar-refractivity contribution in [2.75, 3.05) is 24.8 Å². The van der Waals surface area contributed by atoms with E-state index in [9.17, 15) is 9.59 Å². The highest BCUT2D eigenvalue weighted by atomic mass is 35.5. The van der Waals surface area contributed by atoms with Gasteiger partial charge < -0.3 is 10.1 Å². The van der Waals surface area contributed by atoms with Gasteiger partial charge in [0, 0.05) is 31.0 Å². The minimum Gasteiger partial charge on any atom is -0.385 e. The smallest absolute Gasteiger partial charge is 0.262 e. The highest BCUT2D eigenvalue weighted by molar-refractivity contribution is 7.99. The van der Waals surface area contributed by atoms with E-state index in [-0.39, 0.29) is 17.2 Å². The Morgan fingerprint density at radius 1 is 1.28 bits per heavy atom. The lowest BCUT2D eigenvalue weighted by molar-refractivity contribution is -0.113. The third-order valence-corrected chi connectivity index (χ3v) is 5.58. The molecule has 0 aliphatic heterocycles. The largest absolute Gasteiger partial charge is 0.385 e. The molecular weight excluding hydrogens is 410 g/mol. The van der Waals surface area contributed by atoms with Gasteiger partial charge in [0.15, 0.2) is 5.16 Å². The van der Waals surface area contributed by atoms with Crippen LogP contribution in [0, 0.1) is 6.92 Å². The molecule has 1 aromatic heterocycles. The highest BCUT2D eigenvalue weighted by Gasteiger charge is 2.14. The Bertz CT molecular complexity index is 1080. The predicted octanol–water partition coefficient (Wildman–Crippen LogP) is 4.13. The van der Waals surface area contributed by atoms with Crippen LogP contribution in [0.2, 0.25) is 5.02 Å². The van der Waals surface area contributed by atoms with Crippen LogP contribution in [0.4, 0.5) is 5.69 Å². The van der Waals surface area contributed by atoms with E-state index in [2.05, 4.69) is 10.3 Å². The number of thioether (sulfide) groups is 1. The first-order valence-electron chi connectivity index (χ1n) is 9.17. The van der Waals surface area contributed by atoms with Gasteiger partial charge in [0.05, 0.1) is 16.7 Å². The zero-order valence-corrected chi connectivity index (χ0v) is 17.8. The number of carbonyl (C=O) groups excluding carboxylic acids is 1. The van der Waals surface area contributed by atoms with Crippen LogP contribution in [0.5, 0.6) is 0 Å². The molecule has 1 amide bonds. The summed E-state index contributed by atoms with van der Waals surface area (Å²) in [5.41, 5.74) is 2.13. The molecule has 0 atom stereocenters. The summed E-state index contributed by atoms with van der Waals surface area (Å²) in [6, 6.07) is 12.6. The van der Waals surface area contributed by atoms with Gasteiger partial charge in [0.1, 0.15) is 0 Å². The lowest BCUT2D eigenvalue weighted by Gasteiger charge is -2.13. The highest BCUT2D eigenvalue weighted by Crippen LogP contribution is 2.21. The van der Waals surface area contributed by atoms with E-state index in [1.807, 2.05) is 31.2 Å². The molecule has 0 saturated carbocycles. The van der Waals surface area contributed by atoms with Gasteiger partial charge in [-0.3, -0.25) is 14.2 Å². The Morgan fingerprint density at radius 2 is 2.07 bits per heavy atom. The zero-order valence-electron chi connectivity index (χ0n) is 16.3. The zero-order chi connectivity index (χ0) is 20.8. The summed E-state index contributed by atoms with van der Waals surface area (Å²) in [5.74, 6) is -0.0231. The Morgan fingerprint density at radius 3 is 2.83 bits per heavy atom. The summed E-state index contributed by atoms with van der Waals surface area (Å²) >= 11 is 7.29. The van der Waals surface area contributed by atoms with E-state index in [0.29, 0.717) is 40.7 Å². The number of hydrogen-bond acceptors (Lipinski definition) is 5. The number of ether oxygens (including phenoxy) is 1. The van der Waals surface area contributed by atoms with Crippen molar-refractivity contribution >= 4 is 45.9 Å². The number of fused-ring (bicyclic) bond motifs is 1. The second-order valence-electron chi connectivity index (χ2n) is 6.51. The number of carbonyl (C=O) groups is 1. The van der Waals surface area contributed by atoms with Crippen LogP contribution < -0.4 is 10.9 Å². The van der Waals surface area contributed by atoms with Crippen LogP contribution in [-0.2, 0) is 16.1 Å². The van der Waals surface area contributed by atoms with Crippen LogP contribution in [0.1, 0.15) is 12.0 Å². The molecule has 29 heavy (non-hydrogen) atoms. The van der Waals surface area contributed by atoms with Crippen molar-refractivity contribution in [1.29, 1.82) is 0 Å². The molecule has 2 aromatic carbocycles. The first-order chi connectivity index (χ1) is 14.0. The van der Waals surface area contributed by atoms with Gasteiger partial charge >= 0.3 is 0 Å². The first kappa shape index (κ1) is 21.4. The quantitative estimate of drug-likeness (QED) is 0.330. The number of aromatic nitrogens is 2.